The van der Waals surface area contributed by atoms with E-state index in [-0.39, 0.29) is 29.4 Å². The Kier molecular flexibility index (Phi) is 5.44. The SMILES string of the molecule is O=C(c1ccco1)N1CCC[C@H](c2nc3c(nnn3Cc3c(Cl)cccc3Cl)c(=O)[nH]2)C1. The molecule has 0 radical (unpaired) electrons. The summed E-state index contributed by atoms with van der Waals surface area (Å²) in [6, 6.07) is 8.55. The maximum atomic E-state index is 12.7. The molecule has 0 spiro atoms. The van der Waals surface area contributed by atoms with Crippen molar-refractivity contribution in [2.24, 2.45) is 0 Å². The Morgan fingerprint density at radius 2 is 2.03 bits per heavy atom. The van der Waals surface area contributed by atoms with Crippen molar-refractivity contribution >= 4 is 40.3 Å². The molecule has 11 heteroatoms. The van der Waals surface area contributed by atoms with Gasteiger partial charge in [0, 0.05) is 34.6 Å². The minimum atomic E-state index is -0.379. The molecule has 3 aromatic heterocycles. The van der Waals surface area contributed by atoms with E-state index in [0.717, 1.165) is 12.8 Å². The summed E-state index contributed by atoms with van der Waals surface area (Å²) in [5, 5.41) is 9.05. The molecule has 1 aromatic carbocycles. The third kappa shape index (κ3) is 3.78. The van der Waals surface area contributed by atoms with Gasteiger partial charge in [-0.05, 0) is 37.1 Å². The van der Waals surface area contributed by atoms with Crippen molar-refractivity contribution in [3.05, 3.63) is 74.1 Å². The van der Waals surface area contributed by atoms with Crippen molar-refractivity contribution in [2.45, 2.75) is 25.3 Å². The lowest BCUT2D eigenvalue weighted by Crippen LogP contribution is -2.39. The number of piperidine rings is 1. The van der Waals surface area contributed by atoms with Crippen molar-refractivity contribution in [1.29, 1.82) is 0 Å². The summed E-state index contributed by atoms with van der Waals surface area (Å²) in [5.41, 5.74) is 0.764. The molecule has 1 atom stereocenters. The van der Waals surface area contributed by atoms with Crippen molar-refractivity contribution in [3.63, 3.8) is 0 Å². The Morgan fingerprint density at radius 1 is 1.22 bits per heavy atom. The van der Waals surface area contributed by atoms with Crippen molar-refractivity contribution in [1.82, 2.24) is 29.9 Å². The number of fused-ring (bicyclic) bond motifs is 1. The van der Waals surface area contributed by atoms with Gasteiger partial charge in [-0.2, -0.15) is 0 Å². The van der Waals surface area contributed by atoms with Crippen LogP contribution >= 0.6 is 23.2 Å². The smallest absolute Gasteiger partial charge is 0.289 e. The third-order valence-electron chi connectivity index (χ3n) is 5.59. The first-order valence-corrected chi connectivity index (χ1v) is 10.9. The van der Waals surface area contributed by atoms with Gasteiger partial charge in [0.1, 0.15) is 5.82 Å². The normalized spacial score (nSPS) is 16.6. The number of hydrogen-bond donors (Lipinski definition) is 1. The molecular formula is C21H18Cl2N6O3. The van der Waals surface area contributed by atoms with E-state index in [1.807, 2.05) is 0 Å². The van der Waals surface area contributed by atoms with Crippen LogP contribution in [0.4, 0.5) is 0 Å². The van der Waals surface area contributed by atoms with Crippen LogP contribution in [-0.4, -0.2) is 48.9 Å². The number of aromatic amines is 1. The molecule has 1 amide bonds. The van der Waals surface area contributed by atoms with E-state index in [9.17, 15) is 9.59 Å². The third-order valence-corrected chi connectivity index (χ3v) is 6.30. The summed E-state index contributed by atoms with van der Waals surface area (Å²) in [7, 11) is 0. The lowest BCUT2D eigenvalue weighted by molar-refractivity contribution is 0.0672. The zero-order chi connectivity index (χ0) is 22.2. The van der Waals surface area contributed by atoms with E-state index < -0.39 is 0 Å². The number of nitrogens with zero attached hydrogens (tertiary/aromatic N) is 5. The minimum Gasteiger partial charge on any atom is -0.459 e. The Labute approximate surface area is 191 Å². The maximum absolute atomic E-state index is 12.7. The number of hydrogen-bond acceptors (Lipinski definition) is 6. The number of halogens is 2. The molecule has 1 N–H and O–H groups in total. The molecule has 4 aromatic rings. The first-order valence-electron chi connectivity index (χ1n) is 10.1. The van der Waals surface area contributed by atoms with Gasteiger partial charge >= 0.3 is 0 Å². The molecule has 0 unspecified atom stereocenters. The molecule has 9 nitrogen and oxygen atoms in total. The van der Waals surface area contributed by atoms with Crippen molar-refractivity contribution in [3.8, 4) is 0 Å². The van der Waals surface area contributed by atoms with E-state index in [2.05, 4.69) is 20.3 Å². The monoisotopic (exact) mass is 472 g/mol. The second-order valence-corrected chi connectivity index (χ2v) is 8.45. The highest BCUT2D eigenvalue weighted by Crippen LogP contribution is 2.27. The van der Waals surface area contributed by atoms with E-state index in [4.69, 9.17) is 27.6 Å². The largest absolute Gasteiger partial charge is 0.459 e. The Balaban J connectivity index is 1.46. The number of furan rings is 1. The average molecular weight is 473 g/mol. The predicted octanol–water partition coefficient (Wildman–Crippen LogP) is 3.48. The van der Waals surface area contributed by atoms with E-state index in [1.54, 1.807) is 35.2 Å². The fourth-order valence-electron chi connectivity index (χ4n) is 3.96. The molecule has 0 aliphatic carbocycles. The van der Waals surface area contributed by atoms with Gasteiger partial charge in [-0.3, -0.25) is 9.59 Å². The van der Waals surface area contributed by atoms with Gasteiger partial charge < -0.3 is 14.3 Å². The van der Waals surface area contributed by atoms with Crippen LogP contribution in [0.15, 0.2) is 45.8 Å². The summed E-state index contributed by atoms with van der Waals surface area (Å²) < 4.78 is 6.75. The number of nitrogens with one attached hydrogen (secondary N) is 1. The van der Waals surface area contributed by atoms with Gasteiger partial charge in [-0.15, -0.1) is 5.10 Å². The molecule has 0 bridgehead atoms. The Hall–Kier alpha value is -3.17. The van der Waals surface area contributed by atoms with Gasteiger partial charge in [-0.1, -0.05) is 34.5 Å². The van der Waals surface area contributed by atoms with Crippen LogP contribution in [0.1, 0.15) is 40.7 Å². The standard InChI is InChI=1S/C21H18Cl2N6O3/c22-14-5-1-6-15(23)13(14)11-29-19-17(26-27-29)20(30)25-18(24-19)12-4-2-8-28(10-12)21(31)16-7-3-9-32-16/h1,3,5-7,9,12H,2,4,8,10-11H2,(H,24,25,30)/t12-/m0/s1. The van der Waals surface area contributed by atoms with E-state index >= 15 is 0 Å². The van der Waals surface area contributed by atoms with Gasteiger partial charge in [0.05, 0.1) is 12.8 Å². The number of rotatable bonds is 4. The minimum absolute atomic E-state index is 0.132. The first-order chi connectivity index (χ1) is 15.5. The molecule has 1 saturated heterocycles. The number of benzene rings is 1. The second kappa shape index (κ2) is 8.40. The molecule has 4 heterocycles. The lowest BCUT2D eigenvalue weighted by atomic mass is 9.97. The second-order valence-electron chi connectivity index (χ2n) is 7.64. The van der Waals surface area contributed by atoms with Crippen LogP contribution in [0.3, 0.4) is 0 Å². The number of likely N-dealkylation sites (tertiary alicyclic amines) is 1. The Bertz CT molecular complexity index is 1330. The summed E-state index contributed by atoms with van der Waals surface area (Å²) in [6.45, 7) is 1.26. The maximum Gasteiger partial charge on any atom is 0.289 e. The first kappa shape index (κ1) is 20.7. The molecule has 5 rings (SSSR count). The summed E-state index contributed by atoms with van der Waals surface area (Å²) >= 11 is 12.6. The van der Waals surface area contributed by atoms with Gasteiger partial charge in [0.15, 0.2) is 16.9 Å². The Morgan fingerprint density at radius 3 is 2.78 bits per heavy atom. The van der Waals surface area contributed by atoms with E-state index in [1.165, 1.54) is 10.9 Å². The fourth-order valence-corrected chi connectivity index (χ4v) is 4.47. The summed E-state index contributed by atoms with van der Waals surface area (Å²) in [4.78, 5) is 34.6. The van der Waals surface area contributed by atoms with Crippen LogP contribution in [0.25, 0.3) is 11.2 Å². The van der Waals surface area contributed by atoms with Crippen LogP contribution < -0.4 is 5.56 Å². The molecule has 0 saturated carbocycles. The topological polar surface area (TPSA) is 110 Å². The van der Waals surface area contributed by atoms with Crippen molar-refractivity contribution in [2.75, 3.05) is 13.1 Å². The van der Waals surface area contributed by atoms with Crippen molar-refractivity contribution < 1.29 is 9.21 Å². The van der Waals surface area contributed by atoms with Gasteiger partial charge in [0.25, 0.3) is 11.5 Å². The highest BCUT2D eigenvalue weighted by molar-refractivity contribution is 6.36. The molecular weight excluding hydrogens is 455 g/mol. The molecule has 1 aliphatic heterocycles. The van der Waals surface area contributed by atoms with E-state index in [0.29, 0.717) is 45.9 Å². The fraction of sp³-hybridized carbons (Fsp3) is 0.286. The number of H-pyrrole nitrogens is 1. The molecule has 1 fully saturated rings. The van der Waals surface area contributed by atoms with Crippen LogP contribution in [0, 0.1) is 0 Å². The highest BCUT2D eigenvalue weighted by Gasteiger charge is 2.29. The average Bonchev–Trinajstić information content (AvgIpc) is 3.47. The number of amides is 1. The molecule has 32 heavy (non-hydrogen) atoms. The van der Waals surface area contributed by atoms with Crippen LogP contribution in [0.2, 0.25) is 10.0 Å². The zero-order valence-corrected chi connectivity index (χ0v) is 18.3. The van der Waals surface area contributed by atoms with Gasteiger partial charge in [0.2, 0.25) is 0 Å². The molecule has 1 aliphatic rings. The zero-order valence-electron chi connectivity index (χ0n) is 16.8. The van der Waals surface area contributed by atoms with Crippen LogP contribution in [-0.2, 0) is 6.54 Å². The number of aromatic nitrogens is 5. The quantitative estimate of drug-likeness (QED) is 0.486. The predicted molar refractivity (Wildman–Crippen MR) is 118 cm³/mol. The van der Waals surface area contributed by atoms with Crippen LogP contribution in [0.5, 0.6) is 0 Å². The number of carbonyl (C=O) groups is 1. The summed E-state index contributed by atoms with van der Waals surface area (Å²) in [5.74, 6) is 0.477. The highest BCUT2D eigenvalue weighted by atomic mass is 35.5. The number of carbonyl (C=O) groups excluding carboxylic acids is 1. The lowest BCUT2D eigenvalue weighted by Gasteiger charge is -2.31. The van der Waals surface area contributed by atoms with Gasteiger partial charge in [-0.25, -0.2) is 9.67 Å². The summed E-state index contributed by atoms with van der Waals surface area (Å²) in [6.07, 6.45) is 3.04. The molecule has 164 valence electrons.